The van der Waals surface area contributed by atoms with Gasteiger partial charge in [0, 0.05) is 24.4 Å². The molecule has 0 bridgehead atoms. The van der Waals surface area contributed by atoms with E-state index in [2.05, 4.69) is 24.1 Å². The fourth-order valence-corrected chi connectivity index (χ4v) is 1.91. The zero-order valence-electron chi connectivity index (χ0n) is 12.3. The molecule has 1 amide bonds. The zero-order chi connectivity index (χ0) is 14.8. The molecule has 0 spiro atoms. The first-order chi connectivity index (χ1) is 9.67. The van der Waals surface area contributed by atoms with Crippen molar-refractivity contribution in [2.45, 2.75) is 39.7 Å². The molecule has 3 heteroatoms. The molecule has 2 N–H and O–H groups in total. The Morgan fingerprint density at radius 1 is 1.45 bits per heavy atom. The van der Waals surface area contributed by atoms with Crippen LogP contribution in [-0.4, -0.2) is 17.6 Å². The van der Waals surface area contributed by atoms with Gasteiger partial charge in [0.2, 0.25) is 5.91 Å². The third kappa shape index (κ3) is 5.90. The van der Waals surface area contributed by atoms with Crippen LogP contribution in [0.25, 0.3) is 0 Å². The number of hydrogen-bond acceptors (Lipinski definition) is 2. The second-order valence-corrected chi connectivity index (χ2v) is 4.88. The fourth-order valence-electron chi connectivity index (χ4n) is 1.91. The van der Waals surface area contributed by atoms with Crippen LogP contribution in [0, 0.1) is 17.8 Å². The van der Waals surface area contributed by atoms with Gasteiger partial charge < -0.3 is 10.4 Å². The Labute approximate surface area is 121 Å². The van der Waals surface area contributed by atoms with E-state index in [9.17, 15) is 4.79 Å². The molecule has 1 rings (SSSR count). The number of carbonyl (C=O) groups excluding carboxylic acids is 1. The maximum Gasteiger partial charge on any atom is 0.223 e. The molecule has 0 aromatic heterocycles. The number of hydrogen-bond donors (Lipinski definition) is 2. The maximum atomic E-state index is 11.8. The van der Waals surface area contributed by atoms with Crippen LogP contribution in [0.5, 0.6) is 0 Å². The minimum atomic E-state index is 0.0625. The Hall–Kier alpha value is -1.79. The third-order valence-electron chi connectivity index (χ3n) is 3.03. The predicted octanol–water partition coefficient (Wildman–Crippen LogP) is 2.47. The van der Waals surface area contributed by atoms with Gasteiger partial charge >= 0.3 is 0 Å². The van der Waals surface area contributed by atoms with Crippen LogP contribution in [0.15, 0.2) is 24.3 Å². The van der Waals surface area contributed by atoms with Crippen molar-refractivity contribution in [3.05, 3.63) is 35.4 Å². The summed E-state index contributed by atoms with van der Waals surface area (Å²) in [7, 11) is 0. The van der Waals surface area contributed by atoms with E-state index in [-0.39, 0.29) is 18.4 Å². The molecule has 0 fully saturated rings. The standard InChI is InChI=1S/C17H23NO2/c1-3-7-14(2)17(20)18-13-16-10-6-9-15(12-16)8-4-5-11-19/h6,9-10,12,14,19H,3,5,7,11,13H2,1-2H3,(H,18,20). The molecule has 0 aliphatic rings. The molecule has 3 nitrogen and oxygen atoms in total. The quantitative estimate of drug-likeness (QED) is 0.782. The molecule has 1 aromatic carbocycles. The summed E-state index contributed by atoms with van der Waals surface area (Å²) >= 11 is 0. The van der Waals surface area contributed by atoms with Crippen LogP contribution >= 0.6 is 0 Å². The molecule has 0 saturated carbocycles. The highest BCUT2D eigenvalue weighted by molar-refractivity contribution is 5.78. The normalized spacial score (nSPS) is 11.3. The lowest BCUT2D eigenvalue weighted by molar-refractivity contribution is -0.124. The summed E-state index contributed by atoms with van der Waals surface area (Å²) in [6.45, 7) is 4.65. The summed E-state index contributed by atoms with van der Waals surface area (Å²) in [4.78, 5) is 11.8. The van der Waals surface area contributed by atoms with Crippen molar-refractivity contribution in [1.82, 2.24) is 5.32 Å². The predicted molar refractivity (Wildman–Crippen MR) is 80.9 cm³/mol. The van der Waals surface area contributed by atoms with Crippen molar-refractivity contribution in [3.63, 3.8) is 0 Å². The number of carbonyl (C=O) groups is 1. The summed E-state index contributed by atoms with van der Waals surface area (Å²) in [6.07, 6.45) is 2.42. The van der Waals surface area contributed by atoms with E-state index < -0.39 is 0 Å². The molecular weight excluding hydrogens is 250 g/mol. The first kappa shape index (κ1) is 16.3. The largest absolute Gasteiger partial charge is 0.395 e. The van der Waals surface area contributed by atoms with Crippen LogP contribution < -0.4 is 5.32 Å². The molecule has 1 atom stereocenters. The van der Waals surface area contributed by atoms with Gasteiger partial charge in [0.05, 0.1) is 6.61 Å². The second kappa shape index (κ2) is 9.17. The topological polar surface area (TPSA) is 49.3 Å². The van der Waals surface area contributed by atoms with Gasteiger partial charge in [-0.3, -0.25) is 4.79 Å². The number of rotatable bonds is 6. The SMILES string of the molecule is CCCC(C)C(=O)NCc1cccc(C#CCCO)c1. The first-order valence-corrected chi connectivity index (χ1v) is 7.13. The summed E-state index contributed by atoms with van der Waals surface area (Å²) in [6, 6.07) is 7.80. The van der Waals surface area contributed by atoms with Gasteiger partial charge in [0.1, 0.15) is 0 Å². The lowest BCUT2D eigenvalue weighted by Crippen LogP contribution is -2.28. The molecular formula is C17H23NO2. The van der Waals surface area contributed by atoms with Crippen LogP contribution in [0.1, 0.15) is 44.2 Å². The van der Waals surface area contributed by atoms with Crippen LogP contribution in [0.4, 0.5) is 0 Å². The molecule has 0 heterocycles. The summed E-state index contributed by atoms with van der Waals surface area (Å²) in [5.74, 6) is 6.05. The molecule has 0 saturated heterocycles. The van der Waals surface area contributed by atoms with Crippen LogP contribution in [-0.2, 0) is 11.3 Å². The lowest BCUT2D eigenvalue weighted by atomic mass is 10.1. The summed E-state index contributed by atoms with van der Waals surface area (Å²) in [5, 5.41) is 11.6. The smallest absolute Gasteiger partial charge is 0.223 e. The maximum absolute atomic E-state index is 11.8. The van der Waals surface area contributed by atoms with E-state index in [1.54, 1.807) is 0 Å². The lowest BCUT2D eigenvalue weighted by Gasteiger charge is -2.11. The van der Waals surface area contributed by atoms with Crippen molar-refractivity contribution in [2.24, 2.45) is 5.92 Å². The van der Waals surface area contributed by atoms with E-state index >= 15 is 0 Å². The fraction of sp³-hybridized carbons (Fsp3) is 0.471. The number of benzene rings is 1. The Morgan fingerprint density at radius 2 is 2.25 bits per heavy atom. The summed E-state index contributed by atoms with van der Waals surface area (Å²) < 4.78 is 0. The van der Waals surface area contributed by atoms with Gasteiger partial charge in [0.25, 0.3) is 0 Å². The second-order valence-electron chi connectivity index (χ2n) is 4.88. The first-order valence-electron chi connectivity index (χ1n) is 7.13. The number of aliphatic hydroxyl groups is 1. The van der Waals surface area contributed by atoms with E-state index in [1.807, 2.05) is 31.2 Å². The van der Waals surface area contributed by atoms with Gasteiger partial charge in [-0.2, -0.15) is 0 Å². The van der Waals surface area contributed by atoms with Gasteiger partial charge in [-0.1, -0.05) is 44.2 Å². The minimum Gasteiger partial charge on any atom is -0.395 e. The zero-order valence-corrected chi connectivity index (χ0v) is 12.3. The molecule has 20 heavy (non-hydrogen) atoms. The van der Waals surface area contributed by atoms with E-state index in [0.29, 0.717) is 13.0 Å². The molecule has 1 aromatic rings. The highest BCUT2D eigenvalue weighted by Gasteiger charge is 2.10. The number of nitrogens with one attached hydrogen (secondary N) is 1. The molecule has 0 radical (unpaired) electrons. The summed E-state index contributed by atoms with van der Waals surface area (Å²) in [5.41, 5.74) is 1.95. The molecule has 108 valence electrons. The molecule has 0 aliphatic heterocycles. The monoisotopic (exact) mass is 273 g/mol. The van der Waals surface area contributed by atoms with Crippen molar-refractivity contribution in [2.75, 3.05) is 6.61 Å². The highest BCUT2D eigenvalue weighted by atomic mass is 16.2. The Balaban J connectivity index is 2.54. The van der Waals surface area contributed by atoms with Crippen molar-refractivity contribution in [3.8, 4) is 11.8 Å². The Kier molecular flexibility index (Phi) is 7.46. The Bertz CT molecular complexity index is 485. The number of amides is 1. The average molecular weight is 273 g/mol. The minimum absolute atomic E-state index is 0.0625. The highest BCUT2D eigenvalue weighted by Crippen LogP contribution is 2.07. The average Bonchev–Trinajstić information content (AvgIpc) is 2.46. The van der Waals surface area contributed by atoms with Gasteiger partial charge in [0.15, 0.2) is 0 Å². The van der Waals surface area contributed by atoms with Gasteiger partial charge in [-0.15, -0.1) is 0 Å². The number of aliphatic hydroxyl groups excluding tert-OH is 1. The van der Waals surface area contributed by atoms with Crippen molar-refractivity contribution in [1.29, 1.82) is 0 Å². The van der Waals surface area contributed by atoms with E-state index in [0.717, 1.165) is 24.0 Å². The van der Waals surface area contributed by atoms with Gasteiger partial charge in [-0.25, -0.2) is 0 Å². The van der Waals surface area contributed by atoms with Crippen molar-refractivity contribution >= 4 is 5.91 Å². The van der Waals surface area contributed by atoms with Gasteiger partial charge in [-0.05, 0) is 24.1 Å². The van der Waals surface area contributed by atoms with Crippen LogP contribution in [0.2, 0.25) is 0 Å². The molecule has 0 aliphatic carbocycles. The molecule has 1 unspecified atom stereocenters. The van der Waals surface area contributed by atoms with Crippen LogP contribution in [0.3, 0.4) is 0 Å². The Morgan fingerprint density at radius 3 is 2.95 bits per heavy atom. The van der Waals surface area contributed by atoms with Crippen molar-refractivity contribution < 1.29 is 9.90 Å². The third-order valence-corrected chi connectivity index (χ3v) is 3.03. The van der Waals surface area contributed by atoms with E-state index in [1.165, 1.54) is 0 Å². The van der Waals surface area contributed by atoms with E-state index in [4.69, 9.17) is 5.11 Å².